The Kier molecular flexibility index (Phi) is 9.30. The van der Waals surface area contributed by atoms with Crippen LogP contribution >= 0.6 is 0 Å². The molecule has 0 unspecified atom stereocenters. The topological polar surface area (TPSA) is 158 Å². The van der Waals surface area contributed by atoms with Crippen LogP contribution in [0.5, 0.6) is 11.5 Å². The van der Waals surface area contributed by atoms with E-state index in [-0.39, 0.29) is 50.4 Å². The number of aromatic nitrogens is 6. The van der Waals surface area contributed by atoms with E-state index in [1.807, 2.05) is 36.7 Å². The summed E-state index contributed by atoms with van der Waals surface area (Å²) in [4.78, 5) is 45.2. The van der Waals surface area contributed by atoms with Crippen LogP contribution in [0.15, 0.2) is 30.6 Å². The van der Waals surface area contributed by atoms with Crippen molar-refractivity contribution in [3.8, 4) is 22.9 Å². The molecule has 1 atom stereocenters. The number of hydrogen-bond donors (Lipinski definition) is 2. The highest BCUT2D eigenvalue weighted by Crippen LogP contribution is 2.32. The van der Waals surface area contributed by atoms with Gasteiger partial charge in [0.15, 0.2) is 11.5 Å². The molecule has 3 amide bonds. The summed E-state index contributed by atoms with van der Waals surface area (Å²) < 4.78 is 15.0. The van der Waals surface area contributed by atoms with Crippen LogP contribution in [-0.4, -0.2) is 91.8 Å². The lowest BCUT2D eigenvalue weighted by Crippen LogP contribution is -2.53. The predicted molar refractivity (Wildman–Crippen MR) is 143 cm³/mol. The molecule has 2 bridgehead atoms. The summed E-state index contributed by atoms with van der Waals surface area (Å²) in [5.41, 5.74) is 0.804. The highest BCUT2D eigenvalue weighted by molar-refractivity contribution is 5.90. The number of imidazole rings is 1. The number of ether oxygens (including phenoxy) is 2. The van der Waals surface area contributed by atoms with Gasteiger partial charge < -0.3 is 29.6 Å². The van der Waals surface area contributed by atoms with Gasteiger partial charge in [0.05, 0.1) is 26.7 Å². The minimum absolute atomic E-state index is 0.0781. The Labute approximate surface area is 232 Å². The molecular weight excluding hydrogens is 518 g/mol. The zero-order valence-electron chi connectivity index (χ0n) is 23.2. The Bertz CT molecular complexity index is 1340. The van der Waals surface area contributed by atoms with Crippen molar-refractivity contribution >= 4 is 17.7 Å². The number of tetrazole rings is 1. The summed E-state index contributed by atoms with van der Waals surface area (Å²) in [6, 6.07) is 4.73. The van der Waals surface area contributed by atoms with Gasteiger partial charge in [-0.05, 0) is 41.5 Å². The Morgan fingerprint density at radius 3 is 2.80 bits per heavy atom. The van der Waals surface area contributed by atoms with Crippen molar-refractivity contribution < 1.29 is 23.9 Å². The van der Waals surface area contributed by atoms with Gasteiger partial charge in [0.25, 0.3) is 0 Å². The molecule has 0 fully saturated rings. The highest BCUT2D eigenvalue weighted by atomic mass is 16.5. The summed E-state index contributed by atoms with van der Waals surface area (Å²) in [5.74, 6) is 1.10. The maximum atomic E-state index is 13.2. The fourth-order valence-corrected chi connectivity index (χ4v) is 4.39. The largest absolute Gasteiger partial charge is 0.493 e. The summed E-state index contributed by atoms with van der Waals surface area (Å²) in [7, 11) is 1.55. The molecule has 1 aliphatic rings. The molecule has 3 heterocycles. The van der Waals surface area contributed by atoms with Crippen molar-refractivity contribution in [3.05, 3.63) is 36.4 Å². The van der Waals surface area contributed by atoms with Gasteiger partial charge in [-0.1, -0.05) is 13.8 Å². The SMILES string of the molecule is COc1ccc2cc1OCCN(C(=O)CCn1nnnc1C)CC(=O)N[C@H](C(C)C)C(=O)NCCn1ccnc1-2. The lowest BCUT2D eigenvalue weighted by Gasteiger charge is -2.26. The van der Waals surface area contributed by atoms with Crippen molar-refractivity contribution in [2.45, 2.75) is 46.3 Å². The first-order valence-corrected chi connectivity index (χ1v) is 13.2. The van der Waals surface area contributed by atoms with Crippen LogP contribution in [0.2, 0.25) is 0 Å². The normalized spacial score (nSPS) is 16.9. The van der Waals surface area contributed by atoms with Gasteiger partial charge in [0.2, 0.25) is 17.7 Å². The van der Waals surface area contributed by atoms with Crippen LogP contribution in [0.4, 0.5) is 0 Å². The van der Waals surface area contributed by atoms with E-state index in [9.17, 15) is 14.4 Å². The number of benzene rings is 1. The average molecular weight is 554 g/mol. The lowest BCUT2D eigenvalue weighted by atomic mass is 10.0. The van der Waals surface area contributed by atoms with Crippen LogP contribution in [0.1, 0.15) is 26.1 Å². The number of carbonyl (C=O) groups excluding carboxylic acids is 3. The molecule has 4 rings (SSSR count). The maximum Gasteiger partial charge on any atom is 0.242 e. The van der Waals surface area contributed by atoms with Crippen LogP contribution in [0.3, 0.4) is 0 Å². The van der Waals surface area contributed by atoms with E-state index in [1.54, 1.807) is 26.3 Å². The van der Waals surface area contributed by atoms with E-state index in [0.29, 0.717) is 36.2 Å². The summed E-state index contributed by atoms with van der Waals surface area (Å²) >= 11 is 0. The molecule has 0 radical (unpaired) electrons. The summed E-state index contributed by atoms with van der Waals surface area (Å²) in [6.45, 7) is 6.51. The van der Waals surface area contributed by atoms with E-state index >= 15 is 0 Å². The quantitative estimate of drug-likeness (QED) is 0.457. The second-order valence-corrected chi connectivity index (χ2v) is 9.75. The summed E-state index contributed by atoms with van der Waals surface area (Å²) in [5, 5.41) is 17.0. The van der Waals surface area contributed by atoms with Gasteiger partial charge in [0.1, 0.15) is 24.3 Å². The van der Waals surface area contributed by atoms with E-state index in [0.717, 1.165) is 5.56 Å². The number of methoxy groups -OCH3 is 1. The van der Waals surface area contributed by atoms with Crippen LogP contribution in [0, 0.1) is 12.8 Å². The molecule has 1 aromatic carbocycles. The zero-order chi connectivity index (χ0) is 28.6. The zero-order valence-corrected chi connectivity index (χ0v) is 23.2. The summed E-state index contributed by atoms with van der Waals surface area (Å²) in [6.07, 6.45) is 3.61. The van der Waals surface area contributed by atoms with Gasteiger partial charge in [-0.2, -0.15) is 0 Å². The van der Waals surface area contributed by atoms with Crippen molar-refractivity contribution in [2.24, 2.45) is 5.92 Å². The Morgan fingerprint density at radius 2 is 2.08 bits per heavy atom. The first kappa shape index (κ1) is 28.5. The Balaban J connectivity index is 1.59. The first-order chi connectivity index (χ1) is 19.3. The fourth-order valence-electron chi connectivity index (χ4n) is 4.39. The number of nitrogens with one attached hydrogen (secondary N) is 2. The Morgan fingerprint density at radius 1 is 1.25 bits per heavy atom. The van der Waals surface area contributed by atoms with Crippen LogP contribution in [0.25, 0.3) is 11.4 Å². The number of nitrogens with zero attached hydrogens (tertiary/aromatic N) is 7. The highest BCUT2D eigenvalue weighted by Gasteiger charge is 2.26. The molecule has 1 aliphatic heterocycles. The van der Waals surface area contributed by atoms with Crippen molar-refractivity contribution in [1.82, 2.24) is 45.3 Å². The number of aryl methyl sites for hydroxylation is 2. The van der Waals surface area contributed by atoms with Gasteiger partial charge >= 0.3 is 0 Å². The second kappa shape index (κ2) is 13.0. The molecule has 40 heavy (non-hydrogen) atoms. The molecular formula is C26H35N9O5. The standard InChI is InChI=1S/C26H35N9O5/c1-17(2)24-26(38)28-9-12-33-11-8-27-25(33)19-5-6-20(39-4)21(15-19)40-14-13-34(16-22(36)29-24)23(37)7-10-35-18(3)30-31-32-35/h5-6,8,11,15,17,24H,7,9-10,12-14,16H2,1-4H3,(H,28,38)(H,29,36)/t24-/m1/s1. The monoisotopic (exact) mass is 553 g/mol. The molecule has 0 saturated carbocycles. The molecule has 0 saturated heterocycles. The molecule has 14 heteroatoms. The third kappa shape index (κ3) is 6.93. The smallest absolute Gasteiger partial charge is 0.242 e. The fraction of sp³-hybridized carbons (Fsp3) is 0.500. The molecule has 214 valence electrons. The molecule has 0 spiro atoms. The number of rotatable bonds is 5. The van der Waals surface area contributed by atoms with E-state index in [1.165, 1.54) is 9.58 Å². The second-order valence-electron chi connectivity index (χ2n) is 9.75. The van der Waals surface area contributed by atoms with Crippen LogP contribution < -0.4 is 20.1 Å². The average Bonchev–Trinajstić information content (AvgIpc) is 3.57. The van der Waals surface area contributed by atoms with Gasteiger partial charge in [-0.3, -0.25) is 14.4 Å². The first-order valence-electron chi connectivity index (χ1n) is 13.2. The number of amides is 3. The number of hydrogen-bond acceptors (Lipinski definition) is 9. The molecule has 2 N–H and O–H groups in total. The van der Waals surface area contributed by atoms with E-state index in [2.05, 4.69) is 31.1 Å². The minimum atomic E-state index is -0.762. The van der Waals surface area contributed by atoms with E-state index in [4.69, 9.17) is 9.47 Å². The Hall–Kier alpha value is -4.49. The predicted octanol–water partition coefficient (Wildman–Crippen LogP) is 0.422. The van der Waals surface area contributed by atoms with Gasteiger partial charge in [0, 0.05) is 37.5 Å². The van der Waals surface area contributed by atoms with Crippen molar-refractivity contribution in [3.63, 3.8) is 0 Å². The molecule has 0 aliphatic carbocycles. The van der Waals surface area contributed by atoms with E-state index < -0.39 is 11.9 Å². The minimum Gasteiger partial charge on any atom is -0.493 e. The third-order valence-corrected chi connectivity index (χ3v) is 6.61. The maximum absolute atomic E-state index is 13.2. The van der Waals surface area contributed by atoms with Gasteiger partial charge in [-0.25, -0.2) is 9.67 Å². The molecule has 2 aromatic heterocycles. The number of carbonyl (C=O) groups is 3. The van der Waals surface area contributed by atoms with Crippen LogP contribution in [-0.2, 0) is 27.5 Å². The van der Waals surface area contributed by atoms with Gasteiger partial charge in [-0.15, -0.1) is 5.10 Å². The number of fused-ring (bicyclic) bond motifs is 4. The third-order valence-electron chi connectivity index (χ3n) is 6.61. The molecule has 3 aromatic rings. The lowest BCUT2D eigenvalue weighted by molar-refractivity contribution is -0.137. The van der Waals surface area contributed by atoms with Crippen molar-refractivity contribution in [1.29, 1.82) is 0 Å². The van der Waals surface area contributed by atoms with Crippen molar-refractivity contribution in [2.75, 3.05) is 33.4 Å². The molecule has 14 nitrogen and oxygen atoms in total.